The fraction of sp³-hybridized carbons (Fsp3) is 0.760. The quantitative estimate of drug-likeness (QED) is 0.132. The molecule has 4 N–H and O–H groups in total. The number of allylic oxidation sites excluding steroid dienone is 7. The van der Waals surface area contributed by atoms with E-state index in [1.807, 2.05) is 26.3 Å². The third-order valence-corrected chi connectivity index (χ3v) is 16.2. The average Bonchev–Trinajstić information content (AvgIpc) is 3.41. The number of aromatic nitrogens is 2. The second-order valence-corrected chi connectivity index (χ2v) is 20.6. The van der Waals surface area contributed by atoms with Crippen LogP contribution in [0.4, 0.5) is 0 Å². The summed E-state index contributed by atoms with van der Waals surface area (Å²) in [5.74, 6) is 2.39. The van der Waals surface area contributed by atoms with Crippen molar-refractivity contribution in [3.63, 3.8) is 0 Å². The summed E-state index contributed by atoms with van der Waals surface area (Å²) >= 11 is 0. The van der Waals surface area contributed by atoms with Gasteiger partial charge in [0.25, 0.3) is 0 Å². The molecule has 6 heterocycles. The van der Waals surface area contributed by atoms with Gasteiger partial charge in [0, 0.05) is 25.3 Å². The number of hydrogen-bond donors (Lipinski definition) is 3. The molecule has 0 amide bonds. The number of fused-ring (bicyclic) bond motifs is 4. The normalized spacial score (nSPS) is 44.4. The van der Waals surface area contributed by atoms with Crippen molar-refractivity contribution in [2.45, 2.75) is 222 Å². The van der Waals surface area contributed by atoms with E-state index in [9.17, 15) is 10.2 Å². The SMILES string of the molecule is C=C/C=C\CCC1OC2CCC3(C)OC4C(O)CC5(C)OC(CC/C=C(C)/C(C)=C/Cn6cnc(C7C8CC7C8)c6C(N)/N=C\C)C(C)CC5OC4CC3OC2CCC1(C)O. The van der Waals surface area contributed by atoms with E-state index < -0.39 is 35.2 Å². The molecule has 3 saturated carbocycles. The number of rotatable bonds is 13. The predicted molar refractivity (Wildman–Crippen MR) is 238 cm³/mol. The van der Waals surface area contributed by atoms with Crippen LogP contribution in [0.2, 0.25) is 0 Å². The molecule has 11 heteroatoms. The Bertz CT molecular complexity index is 1820. The van der Waals surface area contributed by atoms with Crippen LogP contribution in [0.15, 0.2) is 59.4 Å². The number of nitrogens with zero attached hydrogens (tertiary/aromatic N) is 3. The van der Waals surface area contributed by atoms with Gasteiger partial charge in [-0.2, -0.15) is 0 Å². The Kier molecular flexibility index (Phi) is 13.4. The molecule has 14 unspecified atom stereocenters. The maximum Gasteiger partial charge on any atom is 0.139 e. The van der Waals surface area contributed by atoms with Crippen molar-refractivity contribution < 1.29 is 33.9 Å². The standard InChI is InChI=1S/C50H76N4O7/c1-9-11-12-13-17-40-48(6,56)21-18-37-38(57-40)19-22-49(7)42(58-37)27-39-46(61-49)35(55)28-50(8)41(59-39)24-32(5)36(60-50)16-14-15-30(3)31(4)20-23-54-29-53-44(43-33-25-34(43)26-33)45(54)47(51)52-10-2/h9-12,15,20,29,32-43,46-47,55-56H,1,13-14,16-19,21-28,51H2,2-8H3/b12-11-,30-15+,31-20+,52-10-. The molecule has 8 aliphatic rings. The van der Waals surface area contributed by atoms with Crippen LogP contribution in [0.25, 0.3) is 0 Å². The number of aliphatic hydroxyl groups is 2. The van der Waals surface area contributed by atoms with Crippen LogP contribution in [-0.2, 0) is 30.2 Å². The third kappa shape index (κ3) is 9.11. The Labute approximate surface area is 365 Å². The van der Waals surface area contributed by atoms with E-state index in [2.05, 4.69) is 69.0 Å². The van der Waals surface area contributed by atoms with E-state index >= 15 is 0 Å². The summed E-state index contributed by atoms with van der Waals surface area (Å²) in [6.07, 6.45) is 22.2. The monoisotopic (exact) mass is 845 g/mol. The minimum Gasteiger partial charge on any atom is -0.390 e. The maximum atomic E-state index is 11.9. The van der Waals surface area contributed by atoms with Gasteiger partial charge in [0.15, 0.2) is 0 Å². The predicted octanol–water partition coefficient (Wildman–Crippen LogP) is 8.35. The molecule has 9 rings (SSSR count). The van der Waals surface area contributed by atoms with Gasteiger partial charge in [-0.05, 0) is 136 Å². The van der Waals surface area contributed by atoms with Crippen molar-refractivity contribution >= 4 is 6.21 Å². The van der Waals surface area contributed by atoms with E-state index in [1.54, 1.807) is 12.3 Å². The molecule has 5 aliphatic heterocycles. The highest BCUT2D eigenvalue weighted by molar-refractivity contribution is 5.54. The van der Waals surface area contributed by atoms with E-state index in [4.69, 9.17) is 34.4 Å². The van der Waals surface area contributed by atoms with Gasteiger partial charge in [0.05, 0.1) is 83.4 Å². The summed E-state index contributed by atoms with van der Waals surface area (Å²) in [6, 6.07) is 0. The lowest BCUT2D eigenvalue weighted by molar-refractivity contribution is -0.273. The van der Waals surface area contributed by atoms with E-state index in [1.165, 1.54) is 24.0 Å². The van der Waals surface area contributed by atoms with Gasteiger partial charge in [-0.3, -0.25) is 4.99 Å². The van der Waals surface area contributed by atoms with Crippen LogP contribution in [0.1, 0.15) is 155 Å². The molecule has 8 fully saturated rings. The topological polar surface area (TPSA) is 143 Å². The summed E-state index contributed by atoms with van der Waals surface area (Å²) in [7, 11) is 0. The minimum absolute atomic E-state index is 0.0508. The van der Waals surface area contributed by atoms with E-state index in [0.29, 0.717) is 37.6 Å². The van der Waals surface area contributed by atoms with Gasteiger partial charge in [-0.25, -0.2) is 4.98 Å². The molecule has 11 nitrogen and oxygen atoms in total. The van der Waals surface area contributed by atoms with Crippen molar-refractivity contribution in [2.24, 2.45) is 28.5 Å². The highest BCUT2D eigenvalue weighted by Gasteiger charge is 2.59. The molecule has 2 bridgehead atoms. The smallest absolute Gasteiger partial charge is 0.139 e. The molecule has 3 aliphatic carbocycles. The van der Waals surface area contributed by atoms with Gasteiger partial charge in [-0.1, -0.05) is 55.0 Å². The van der Waals surface area contributed by atoms with E-state index in [0.717, 1.165) is 74.6 Å². The second-order valence-electron chi connectivity index (χ2n) is 20.6. The molecule has 1 aromatic heterocycles. The van der Waals surface area contributed by atoms with Crippen molar-refractivity contribution in [3.8, 4) is 0 Å². The van der Waals surface area contributed by atoms with Crippen LogP contribution in [0.5, 0.6) is 0 Å². The summed E-state index contributed by atoms with van der Waals surface area (Å²) in [6.45, 7) is 19.2. The fourth-order valence-corrected chi connectivity index (χ4v) is 11.9. The lowest BCUT2D eigenvalue weighted by atomic mass is 9.47. The first-order chi connectivity index (χ1) is 29.1. The molecule has 0 radical (unpaired) electrons. The maximum absolute atomic E-state index is 11.9. The zero-order chi connectivity index (χ0) is 43.3. The first-order valence-corrected chi connectivity index (χ1v) is 23.7. The van der Waals surface area contributed by atoms with Gasteiger partial charge < -0.3 is 44.2 Å². The largest absolute Gasteiger partial charge is 0.390 e. The van der Waals surface area contributed by atoms with Gasteiger partial charge in [0.1, 0.15) is 12.3 Å². The Hall–Kier alpha value is -2.48. The zero-order valence-corrected chi connectivity index (χ0v) is 38.1. The van der Waals surface area contributed by atoms with Gasteiger partial charge in [0.2, 0.25) is 0 Å². The number of nitrogens with two attached hydrogens (primary N) is 1. The lowest BCUT2D eigenvalue weighted by Crippen LogP contribution is -2.59. The van der Waals surface area contributed by atoms with Gasteiger partial charge in [-0.15, -0.1) is 0 Å². The summed E-state index contributed by atoms with van der Waals surface area (Å²) in [5, 5.41) is 23.4. The van der Waals surface area contributed by atoms with Crippen molar-refractivity contribution in [1.29, 1.82) is 0 Å². The lowest BCUT2D eigenvalue weighted by Gasteiger charge is -2.57. The Balaban J connectivity index is 0.878. The molecular weight excluding hydrogens is 769 g/mol. The minimum atomic E-state index is -0.931. The van der Waals surface area contributed by atoms with Crippen LogP contribution in [0.3, 0.4) is 0 Å². The Morgan fingerprint density at radius 2 is 1.66 bits per heavy atom. The van der Waals surface area contributed by atoms with Crippen molar-refractivity contribution in [3.05, 3.63) is 65.8 Å². The molecule has 14 atom stereocenters. The van der Waals surface area contributed by atoms with Crippen molar-refractivity contribution in [1.82, 2.24) is 9.55 Å². The third-order valence-electron chi connectivity index (χ3n) is 16.2. The fourth-order valence-electron chi connectivity index (χ4n) is 11.9. The molecule has 1 aromatic rings. The van der Waals surface area contributed by atoms with E-state index in [-0.39, 0.29) is 42.7 Å². The van der Waals surface area contributed by atoms with Gasteiger partial charge >= 0.3 is 0 Å². The van der Waals surface area contributed by atoms with Crippen LogP contribution < -0.4 is 5.73 Å². The van der Waals surface area contributed by atoms with Crippen LogP contribution in [0, 0.1) is 17.8 Å². The molecule has 5 saturated heterocycles. The number of imidazole rings is 1. The molecule has 61 heavy (non-hydrogen) atoms. The number of ether oxygens (including phenoxy) is 5. The highest BCUT2D eigenvalue weighted by atomic mass is 16.6. The first kappa shape index (κ1) is 45.1. The molecular formula is C50H76N4O7. The average molecular weight is 845 g/mol. The molecule has 0 aromatic carbocycles. The first-order valence-electron chi connectivity index (χ1n) is 23.7. The summed E-state index contributed by atoms with van der Waals surface area (Å²) in [4.78, 5) is 9.41. The van der Waals surface area contributed by atoms with Crippen LogP contribution in [-0.4, -0.2) is 97.7 Å². The second kappa shape index (κ2) is 18.2. The molecule has 338 valence electrons. The number of hydrogen-bond acceptors (Lipinski definition) is 10. The number of aliphatic imine (C=N–C) groups is 1. The molecule has 0 spiro atoms. The van der Waals surface area contributed by atoms with Crippen molar-refractivity contribution in [2.75, 3.05) is 0 Å². The summed E-state index contributed by atoms with van der Waals surface area (Å²) in [5.41, 5.74) is 9.14. The highest BCUT2D eigenvalue weighted by Crippen LogP contribution is 2.64. The Morgan fingerprint density at radius 3 is 2.38 bits per heavy atom. The Morgan fingerprint density at radius 1 is 0.951 bits per heavy atom. The number of aliphatic hydroxyl groups excluding tert-OH is 1. The van der Waals surface area contributed by atoms with Crippen LogP contribution >= 0.6 is 0 Å². The zero-order valence-electron chi connectivity index (χ0n) is 38.1. The summed E-state index contributed by atoms with van der Waals surface area (Å²) < 4.78 is 36.9.